The molecule has 0 aliphatic carbocycles. The zero-order valence-corrected chi connectivity index (χ0v) is 10.9. The SMILES string of the molecule is C#CCN(CC(=O)O)C(=O)N(C)c1ccc(C#N)cc1. The lowest BCUT2D eigenvalue weighted by Crippen LogP contribution is -2.44. The van der Waals surface area contributed by atoms with E-state index in [2.05, 4.69) is 5.92 Å². The summed E-state index contributed by atoms with van der Waals surface area (Å²) in [6.45, 7) is -0.560. The molecule has 0 bridgehead atoms. The van der Waals surface area contributed by atoms with E-state index in [4.69, 9.17) is 16.8 Å². The van der Waals surface area contributed by atoms with Crippen molar-refractivity contribution >= 4 is 17.7 Å². The number of urea groups is 1. The standard InChI is InChI=1S/C14H13N3O3/c1-3-8-17(10-13(18)19)14(20)16(2)12-6-4-11(9-15)5-7-12/h1,4-7H,8,10H2,2H3,(H,18,19). The predicted molar refractivity (Wildman–Crippen MR) is 73.0 cm³/mol. The smallest absolute Gasteiger partial charge is 0.325 e. The molecule has 0 saturated heterocycles. The van der Waals surface area contributed by atoms with Crippen LogP contribution in [-0.2, 0) is 4.79 Å². The number of nitriles is 1. The maximum absolute atomic E-state index is 12.2. The topological polar surface area (TPSA) is 84.6 Å². The first-order chi connectivity index (χ1) is 9.49. The average molecular weight is 271 g/mol. The number of carboxylic acids is 1. The fraction of sp³-hybridized carbons (Fsp3) is 0.214. The fourth-order valence-electron chi connectivity index (χ4n) is 1.55. The van der Waals surface area contributed by atoms with Crippen molar-refractivity contribution in [2.75, 3.05) is 25.0 Å². The zero-order chi connectivity index (χ0) is 15.1. The van der Waals surface area contributed by atoms with Crippen LogP contribution in [0.25, 0.3) is 0 Å². The van der Waals surface area contributed by atoms with E-state index in [-0.39, 0.29) is 6.54 Å². The second-order valence-corrected chi connectivity index (χ2v) is 3.95. The van der Waals surface area contributed by atoms with E-state index in [9.17, 15) is 9.59 Å². The Hall–Kier alpha value is -2.99. The minimum absolute atomic E-state index is 0.0915. The van der Waals surface area contributed by atoms with Crippen LogP contribution < -0.4 is 4.90 Å². The lowest BCUT2D eigenvalue weighted by Gasteiger charge is -2.25. The highest BCUT2D eigenvalue weighted by Crippen LogP contribution is 2.15. The van der Waals surface area contributed by atoms with Crippen molar-refractivity contribution in [1.82, 2.24) is 4.90 Å². The average Bonchev–Trinajstić information content (AvgIpc) is 2.45. The molecule has 0 aromatic heterocycles. The van der Waals surface area contributed by atoms with E-state index < -0.39 is 18.5 Å². The van der Waals surface area contributed by atoms with E-state index in [0.717, 1.165) is 4.90 Å². The summed E-state index contributed by atoms with van der Waals surface area (Å²) in [5.41, 5.74) is 1.02. The third-order valence-electron chi connectivity index (χ3n) is 2.55. The van der Waals surface area contributed by atoms with Gasteiger partial charge in [-0.3, -0.25) is 9.69 Å². The van der Waals surface area contributed by atoms with Crippen LogP contribution in [0.4, 0.5) is 10.5 Å². The molecular weight excluding hydrogens is 258 g/mol. The molecule has 6 heteroatoms. The highest BCUT2D eigenvalue weighted by Gasteiger charge is 2.20. The Morgan fingerprint density at radius 1 is 1.35 bits per heavy atom. The molecule has 1 N–H and O–H groups in total. The number of carboxylic acid groups (broad SMARTS) is 1. The molecule has 0 unspecified atom stereocenters. The quantitative estimate of drug-likeness (QED) is 0.832. The molecule has 0 fully saturated rings. The summed E-state index contributed by atoms with van der Waals surface area (Å²) in [6, 6.07) is 7.80. The van der Waals surface area contributed by atoms with Gasteiger partial charge in [-0.25, -0.2) is 4.79 Å². The number of amides is 2. The van der Waals surface area contributed by atoms with Crippen molar-refractivity contribution in [3.63, 3.8) is 0 Å². The van der Waals surface area contributed by atoms with Gasteiger partial charge in [-0.2, -0.15) is 5.26 Å². The van der Waals surface area contributed by atoms with Crippen LogP contribution in [0.2, 0.25) is 0 Å². The number of aliphatic carboxylic acids is 1. The maximum Gasteiger partial charge on any atom is 0.325 e. The number of carbonyl (C=O) groups is 2. The van der Waals surface area contributed by atoms with Gasteiger partial charge in [0.2, 0.25) is 0 Å². The Kier molecular flexibility index (Phi) is 5.13. The predicted octanol–water partition coefficient (Wildman–Crippen LogP) is 1.13. The molecule has 1 aromatic rings. The van der Waals surface area contributed by atoms with Crippen LogP contribution in [0.1, 0.15) is 5.56 Å². The monoisotopic (exact) mass is 271 g/mol. The minimum atomic E-state index is -1.14. The first kappa shape index (κ1) is 15.1. The molecule has 2 amide bonds. The normalized spacial score (nSPS) is 9.15. The third-order valence-corrected chi connectivity index (χ3v) is 2.55. The molecular formula is C14H13N3O3. The van der Waals surface area contributed by atoms with Crippen LogP contribution in [0.15, 0.2) is 24.3 Å². The lowest BCUT2D eigenvalue weighted by atomic mass is 10.2. The van der Waals surface area contributed by atoms with Crippen molar-refractivity contribution in [1.29, 1.82) is 5.26 Å². The minimum Gasteiger partial charge on any atom is -0.480 e. The van der Waals surface area contributed by atoms with Gasteiger partial charge in [0.25, 0.3) is 0 Å². The third kappa shape index (κ3) is 3.76. The molecule has 0 atom stereocenters. The Morgan fingerprint density at radius 2 is 1.95 bits per heavy atom. The molecule has 0 saturated carbocycles. The fourth-order valence-corrected chi connectivity index (χ4v) is 1.55. The van der Waals surface area contributed by atoms with Crippen LogP contribution in [0, 0.1) is 23.7 Å². The molecule has 0 aliphatic heterocycles. The largest absolute Gasteiger partial charge is 0.480 e. The molecule has 1 aromatic carbocycles. The first-order valence-electron chi connectivity index (χ1n) is 5.67. The van der Waals surface area contributed by atoms with Gasteiger partial charge in [0.05, 0.1) is 18.2 Å². The number of rotatable bonds is 4. The highest BCUT2D eigenvalue weighted by atomic mass is 16.4. The molecule has 6 nitrogen and oxygen atoms in total. The Bertz CT molecular complexity index is 581. The van der Waals surface area contributed by atoms with Crippen LogP contribution >= 0.6 is 0 Å². The number of terminal acetylenes is 1. The lowest BCUT2D eigenvalue weighted by molar-refractivity contribution is -0.137. The van der Waals surface area contributed by atoms with Gasteiger partial charge in [0.1, 0.15) is 6.54 Å². The van der Waals surface area contributed by atoms with Crippen LogP contribution in [0.5, 0.6) is 0 Å². The molecule has 1 rings (SSSR count). The number of hydrogen-bond donors (Lipinski definition) is 1. The molecule has 0 aliphatic rings. The van der Waals surface area contributed by atoms with Gasteiger partial charge in [-0.05, 0) is 24.3 Å². The number of hydrogen-bond acceptors (Lipinski definition) is 3. The van der Waals surface area contributed by atoms with Gasteiger partial charge < -0.3 is 10.0 Å². The molecule has 20 heavy (non-hydrogen) atoms. The maximum atomic E-state index is 12.2. The van der Waals surface area contributed by atoms with Crippen molar-refractivity contribution < 1.29 is 14.7 Å². The summed E-state index contributed by atoms with van der Waals surface area (Å²) >= 11 is 0. The van der Waals surface area contributed by atoms with Crippen molar-refractivity contribution in [2.45, 2.75) is 0 Å². The van der Waals surface area contributed by atoms with Crippen molar-refractivity contribution in [3.05, 3.63) is 29.8 Å². The highest BCUT2D eigenvalue weighted by molar-refractivity contribution is 5.93. The number of benzene rings is 1. The second kappa shape index (κ2) is 6.81. The van der Waals surface area contributed by atoms with Gasteiger partial charge in [0, 0.05) is 12.7 Å². The molecule has 0 radical (unpaired) electrons. The number of carbonyl (C=O) groups excluding carboxylic acids is 1. The van der Waals surface area contributed by atoms with Crippen molar-refractivity contribution in [3.8, 4) is 18.4 Å². The van der Waals surface area contributed by atoms with Crippen LogP contribution in [0.3, 0.4) is 0 Å². The number of nitrogens with zero attached hydrogens (tertiary/aromatic N) is 3. The van der Waals surface area contributed by atoms with E-state index >= 15 is 0 Å². The van der Waals surface area contributed by atoms with Gasteiger partial charge in [-0.1, -0.05) is 5.92 Å². The summed E-state index contributed by atoms with van der Waals surface area (Å²) in [7, 11) is 1.51. The Labute approximate surface area is 116 Å². The van der Waals surface area contributed by atoms with Crippen molar-refractivity contribution in [2.24, 2.45) is 0 Å². The first-order valence-corrected chi connectivity index (χ1v) is 5.67. The van der Waals surface area contributed by atoms with E-state index in [0.29, 0.717) is 11.3 Å². The Morgan fingerprint density at radius 3 is 2.40 bits per heavy atom. The van der Waals surface area contributed by atoms with E-state index in [1.807, 2.05) is 6.07 Å². The summed E-state index contributed by atoms with van der Waals surface area (Å²) in [6.07, 6.45) is 5.13. The zero-order valence-electron chi connectivity index (χ0n) is 10.9. The summed E-state index contributed by atoms with van der Waals surface area (Å²) in [5.74, 6) is 1.11. The summed E-state index contributed by atoms with van der Waals surface area (Å²) < 4.78 is 0. The second-order valence-electron chi connectivity index (χ2n) is 3.95. The van der Waals surface area contributed by atoms with Gasteiger partial charge in [0.15, 0.2) is 0 Å². The number of anilines is 1. The van der Waals surface area contributed by atoms with Gasteiger partial charge >= 0.3 is 12.0 Å². The molecule has 0 spiro atoms. The van der Waals surface area contributed by atoms with Crippen LogP contribution in [-0.4, -0.2) is 42.1 Å². The Balaban J connectivity index is 2.90. The molecule has 102 valence electrons. The summed E-state index contributed by atoms with van der Waals surface area (Å²) in [5, 5.41) is 17.5. The van der Waals surface area contributed by atoms with E-state index in [1.165, 1.54) is 11.9 Å². The molecule has 0 heterocycles. The summed E-state index contributed by atoms with van der Waals surface area (Å²) in [4.78, 5) is 25.2. The van der Waals surface area contributed by atoms with E-state index in [1.54, 1.807) is 24.3 Å². The van der Waals surface area contributed by atoms with Gasteiger partial charge in [-0.15, -0.1) is 6.42 Å².